The molecule has 1 atom stereocenters. The van der Waals surface area contributed by atoms with E-state index in [0.29, 0.717) is 37.2 Å². The summed E-state index contributed by atoms with van der Waals surface area (Å²) in [5.41, 5.74) is -0.105. The van der Waals surface area contributed by atoms with Crippen molar-refractivity contribution in [2.75, 3.05) is 19.6 Å². The molecule has 8 heteroatoms. The predicted molar refractivity (Wildman–Crippen MR) is 136 cm³/mol. The van der Waals surface area contributed by atoms with Crippen LogP contribution in [0.25, 0.3) is 0 Å². The highest BCUT2D eigenvalue weighted by atomic mass is 19.1. The molecular weight excluding hydrogens is 466 g/mol. The SMILES string of the molecule is CCCCCCNC(=O)N(CCc1cccc(OC(C)(CC)C(=O)O)c1)CCc1ccc(F)cc1F. The van der Waals surface area contributed by atoms with Gasteiger partial charge in [-0.2, -0.15) is 0 Å². The van der Waals surface area contributed by atoms with Gasteiger partial charge < -0.3 is 20.1 Å². The maximum absolute atomic E-state index is 14.1. The Hall–Kier alpha value is -3.16. The molecule has 0 radical (unpaired) electrons. The fraction of sp³-hybridized carbons (Fsp3) is 0.500. The van der Waals surface area contributed by atoms with E-state index in [2.05, 4.69) is 12.2 Å². The van der Waals surface area contributed by atoms with Crippen molar-refractivity contribution >= 4 is 12.0 Å². The lowest BCUT2D eigenvalue weighted by atomic mass is 10.0. The van der Waals surface area contributed by atoms with Gasteiger partial charge in [0.05, 0.1) is 0 Å². The van der Waals surface area contributed by atoms with Gasteiger partial charge in [0, 0.05) is 25.7 Å². The van der Waals surface area contributed by atoms with Gasteiger partial charge in [0.2, 0.25) is 5.60 Å². The van der Waals surface area contributed by atoms with Crippen LogP contribution >= 0.6 is 0 Å². The van der Waals surface area contributed by atoms with E-state index in [9.17, 15) is 23.5 Å². The van der Waals surface area contributed by atoms with E-state index in [-0.39, 0.29) is 19.0 Å². The summed E-state index contributed by atoms with van der Waals surface area (Å²) < 4.78 is 33.1. The second-order valence-electron chi connectivity index (χ2n) is 9.15. The highest BCUT2D eigenvalue weighted by Gasteiger charge is 2.33. The quantitative estimate of drug-likeness (QED) is 0.293. The number of carbonyl (C=O) groups excluding carboxylic acids is 1. The minimum Gasteiger partial charge on any atom is -0.478 e. The molecule has 0 saturated carbocycles. The molecule has 0 bridgehead atoms. The molecule has 0 aliphatic carbocycles. The Labute approximate surface area is 212 Å². The van der Waals surface area contributed by atoms with E-state index in [1.807, 2.05) is 6.07 Å². The zero-order valence-corrected chi connectivity index (χ0v) is 21.5. The molecule has 2 aromatic carbocycles. The molecule has 0 aromatic heterocycles. The summed E-state index contributed by atoms with van der Waals surface area (Å²) >= 11 is 0. The summed E-state index contributed by atoms with van der Waals surface area (Å²) in [6.07, 6.45) is 5.21. The number of halogens is 2. The van der Waals surface area contributed by atoms with E-state index in [4.69, 9.17) is 4.74 Å². The Kier molecular flexibility index (Phi) is 11.6. The summed E-state index contributed by atoms with van der Waals surface area (Å²) in [7, 11) is 0. The molecule has 2 amide bonds. The number of carboxylic acid groups (broad SMARTS) is 1. The Balaban J connectivity index is 2.06. The second-order valence-corrected chi connectivity index (χ2v) is 9.15. The van der Waals surface area contributed by atoms with Crippen LogP contribution in [0.4, 0.5) is 13.6 Å². The lowest BCUT2D eigenvalue weighted by Gasteiger charge is -2.25. The topological polar surface area (TPSA) is 78.9 Å². The van der Waals surface area contributed by atoms with E-state index in [0.717, 1.165) is 37.3 Å². The molecule has 36 heavy (non-hydrogen) atoms. The number of aliphatic carboxylic acids is 1. The van der Waals surface area contributed by atoms with E-state index in [1.54, 1.807) is 30.0 Å². The van der Waals surface area contributed by atoms with Gasteiger partial charge in [-0.3, -0.25) is 0 Å². The normalized spacial score (nSPS) is 12.6. The van der Waals surface area contributed by atoms with Crippen molar-refractivity contribution in [1.82, 2.24) is 10.2 Å². The number of carbonyl (C=O) groups is 2. The van der Waals surface area contributed by atoms with Crippen LogP contribution < -0.4 is 10.1 Å². The van der Waals surface area contributed by atoms with Gasteiger partial charge in [-0.1, -0.05) is 51.3 Å². The lowest BCUT2D eigenvalue weighted by molar-refractivity contribution is -0.154. The lowest BCUT2D eigenvalue weighted by Crippen LogP contribution is -2.42. The largest absolute Gasteiger partial charge is 0.478 e. The molecule has 198 valence electrons. The molecule has 1 unspecified atom stereocenters. The number of nitrogens with one attached hydrogen (secondary N) is 1. The summed E-state index contributed by atoms with van der Waals surface area (Å²) in [5.74, 6) is -1.86. The average Bonchev–Trinajstić information content (AvgIpc) is 2.84. The molecule has 0 heterocycles. The van der Waals surface area contributed by atoms with Gasteiger partial charge in [0.25, 0.3) is 0 Å². The second kappa shape index (κ2) is 14.4. The number of urea groups is 1. The van der Waals surface area contributed by atoms with Gasteiger partial charge in [-0.25, -0.2) is 18.4 Å². The van der Waals surface area contributed by atoms with Crippen LogP contribution in [-0.4, -0.2) is 47.2 Å². The van der Waals surface area contributed by atoms with Crippen molar-refractivity contribution in [2.24, 2.45) is 0 Å². The van der Waals surface area contributed by atoms with Crippen molar-refractivity contribution in [2.45, 2.75) is 71.3 Å². The standard InChI is InChI=1S/C28H38F2N2O4/c1-4-6-7-8-16-31-27(35)32(18-15-22-12-13-23(29)20-25(22)30)17-14-21-10-9-11-24(19-21)36-28(3,5-2)26(33)34/h9-13,19-20H,4-8,14-18H2,1-3H3,(H,31,35)(H,33,34). The molecule has 2 aromatic rings. The molecule has 6 nitrogen and oxygen atoms in total. The maximum atomic E-state index is 14.1. The fourth-order valence-electron chi connectivity index (χ4n) is 3.71. The first-order valence-electron chi connectivity index (χ1n) is 12.7. The zero-order chi connectivity index (χ0) is 26.6. The monoisotopic (exact) mass is 504 g/mol. The summed E-state index contributed by atoms with van der Waals surface area (Å²) in [6, 6.07) is 10.4. The minimum atomic E-state index is -1.33. The molecule has 0 fully saturated rings. The third kappa shape index (κ3) is 9.13. The molecule has 2 rings (SSSR count). The Morgan fingerprint density at radius 1 is 1.03 bits per heavy atom. The zero-order valence-electron chi connectivity index (χ0n) is 21.5. The Morgan fingerprint density at radius 3 is 2.44 bits per heavy atom. The van der Waals surface area contributed by atoms with Crippen LogP contribution in [0.15, 0.2) is 42.5 Å². The van der Waals surface area contributed by atoms with E-state index in [1.165, 1.54) is 19.1 Å². The van der Waals surface area contributed by atoms with Crippen LogP contribution in [-0.2, 0) is 17.6 Å². The smallest absolute Gasteiger partial charge is 0.347 e. The van der Waals surface area contributed by atoms with Gasteiger partial charge >= 0.3 is 12.0 Å². The van der Waals surface area contributed by atoms with Crippen LogP contribution in [0.3, 0.4) is 0 Å². The molecule has 0 aliphatic heterocycles. The number of hydrogen-bond donors (Lipinski definition) is 2. The first kappa shape index (κ1) is 29.1. The highest BCUT2D eigenvalue weighted by Crippen LogP contribution is 2.23. The van der Waals surface area contributed by atoms with Crippen molar-refractivity contribution in [3.63, 3.8) is 0 Å². The molecule has 2 N–H and O–H groups in total. The van der Waals surface area contributed by atoms with Gasteiger partial charge in [-0.15, -0.1) is 0 Å². The molecule has 0 aliphatic rings. The van der Waals surface area contributed by atoms with Crippen LogP contribution in [0.1, 0.15) is 64.0 Å². The number of amides is 2. The fourth-order valence-corrected chi connectivity index (χ4v) is 3.71. The van der Waals surface area contributed by atoms with Crippen molar-refractivity contribution in [1.29, 1.82) is 0 Å². The number of unbranched alkanes of at least 4 members (excludes halogenated alkanes) is 3. The maximum Gasteiger partial charge on any atom is 0.347 e. The highest BCUT2D eigenvalue weighted by molar-refractivity contribution is 5.77. The molecular formula is C28H38F2N2O4. The number of hydrogen-bond acceptors (Lipinski definition) is 3. The molecule has 0 spiro atoms. The molecule has 0 saturated heterocycles. The van der Waals surface area contributed by atoms with Gasteiger partial charge in [0.15, 0.2) is 0 Å². The number of ether oxygens (including phenoxy) is 1. The van der Waals surface area contributed by atoms with Crippen molar-refractivity contribution in [3.05, 3.63) is 65.2 Å². The Bertz CT molecular complexity index is 1000. The van der Waals surface area contributed by atoms with Crippen molar-refractivity contribution in [3.8, 4) is 5.75 Å². The third-order valence-electron chi connectivity index (χ3n) is 6.30. The third-order valence-corrected chi connectivity index (χ3v) is 6.30. The number of benzene rings is 2. The number of carboxylic acids is 1. The number of nitrogens with zero attached hydrogens (tertiary/aromatic N) is 1. The van der Waals surface area contributed by atoms with Crippen LogP contribution in [0, 0.1) is 11.6 Å². The van der Waals surface area contributed by atoms with E-state index < -0.39 is 23.2 Å². The van der Waals surface area contributed by atoms with E-state index >= 15 is 0 Å². The van der Waals surface area contributed by atoms with Crippen molar-refractivity contribution < 1.29 is 28.2 Å². The predicted octanol–water partition coefficient (Wildman–Crippen LogP) is 5.97. The summed E-state index contributed by atoms with van der Waals surface area (Å²) in [6.45, 7) is 6.61. The first-order valence-corrected chi connectivity index (χ1v) is 12.7. The Morgan fingerprint density at radius 2 is 1.78 bits per heavy atom. The van der Waals surface area contributed by atoms with Gasteiger partial charge in [0.1, 0.15) is 17.4 Å². The van der Waals surface area contributed by atoms with Crippen LogP contribution in [0.2, 0.25) is 0 Å². The first-order chi connectivity index (χ1) is 17.2. The minimum absolute atomic E-state index is 0.231. The van der Waals surface area contributed by atoms with Crippen LogP contribution in [0.5, 0.6) is 5.75 Å². The number of rotatable bonds is 15. The summed E-state index contributed by atoms with van der Waals surface area (Å²) in [4.78, 5) is 26.1. The van der Waals surface area contributed by atoms with Gasteiger partial charge in [-0.05, 0) is 61.9 Å². The average molecular weight is 505 g/mol. The summed E-state index contributed by atoms with van der Waals surface area (Å²) in [5, 5.41) is 12.4.